The van der Waals surface area contributed by atoms with Gasteiger partial charge in [0, 0.05) is 23.5 Å². The van der Waals surface area contributed by atoms with Gasteiger partial charge < -0.3 is 4.98 Å². The Morgan fingerprint density at radius 1 is 1.36 bits per heavy atom. The Hall–Kier alpha value is -0.510. The number of hydrogen-bond donors (Lipinski definition) is 1. The highest BCUT2D eigenvalue weighted by Gasteiger charge is 2.00. The summed E-state index contributed by atoms with van der Waals surface area (Å²) in [6.45, 7) is 2.13. The van der Waals surface area contributed by atoms with Gasteiger partial charge in [-0.25, -0.2) is 0 Å². The SMILES string of the molecule is Cc1ccc2[nH]ccc2c1I.[HH].[HH]. The molecule has 0 saturated carbocycles. The Morgan fingerprint density at radius 2 is 2.18 bits per heavy atom. The van der Waals surface area contributed by atoms with Crippen LogP contribution in [0.25, 0.3) is 10.9 Å². The number of fused-ring (bicyclic) bond motifs is 1. The van der Waals surface area contributed by atoms with Gasteiger partial charge in [-0.3, -0.25) is 0 Å². The van der Waals surface area contributed by atoms with E-state index in [1.165, 1.54) is 20.0 Å². The van der Waals surface area contributed by atoms with Gasteiger partial charge >= 0.3 is 0 Å². The van der Waals surface area contributed by atoms with Crippen LogP contribution >= 0.6 is 22.6 Å². The molecule has 1 aromatic heterocycles. The van der Waals surface area contributed by atoms with Gasteiger partial charge in [0.2, 0.25) is 0 Å². The van der Waals surface area contributed by atoms with E-state index in [0.717, 1.165) is 0 Å². The quantitative estimate of drug-likeness (QED) is 0.698. The van der Waals surface area contributed by atoms with E-state index in [1.54, 1.807) is 0 Å². The second kappa shape index (κ2) is 2.52. The first-order chi connectivity index (χ1) is 5.29. The summed E-state index contributed by atoms with van der Waals surface area (Å²) in [6, 6.07) is 6.37. The van der Waals surface area contributed by atoms with Crippen LogP contribution in [0.15, 0.2) is 24.4 Å². The average Bonchev–Trinajstić information content (AvgIpc) is 2.45. The summed E-state index contributed by atoms with van der Waals surface area (Å²) in [5.74, 6) is 0. The molecule has 0 bridgehead atoms. The molecule has 0 radical (unpaired) electrons. The Balaban J connectivity index is 0.000000720. The minimum atomic E-state index is 0. The fourth-order valence-electron chi connectivity index (χ4n) is 1.21. The first-order valence-corrected chi connectivity index (χ1v) is 4.59. The summed E-state index contributed by atoms with van der Waals surface area (Å²) < 4.78 is 1.35. The minimum Gasteiger partial charge on any atom is -0.361 e. The van der Waals surface area contributed by atoms with Crippen molar-refractivity contribution in [2.45, 2.75) is 6.92 Å². The number of hydrogen-bond acceptors (Lipinski definition) is 0. The highest BCUT2D eigenvalue weighted by molar-refractivity contribution is 14.1. The Kier molecular flexibility index (Phi) is 1.64. The Morgan fingerprint density at radius 3 is 3.00 bits per heavy atom. The number of halogens is 1. The van der Waals surface area contributed by atoms with E-state index < -0.39 is 0 Å². The molecule has 11 heavy (non-hydrogen) atoms. The first-order valence-electron chi connectivity index (χ1n) is 3.51. The molecule has 0 aliphatic heterocycles. The van der Waals surface area contributed by atoms with Crippen LogP contribution in [0.3, 0.4) is 0 Å². The minimum absolute atomic E-state index is 0. The zero-order valence-electron chi connectivity index (χ0n) is 6.19. The van der Waals surface area contributed by atoms with E-state index >= 15 is 0 Å². The molecule has 0 unspecified atom stereocenters. The lowest BCUT2D eigenvalue weighted by molar-refractivity contribution is 1.44. The van der Waals surface area contributed by atoms with E-state index in [2.05, 4.69) is 52.7 Å². The van der Waals surface area contributed by atoms with Crippen molar-refractivity contribution < 1.29 is 2.85 Å². The fraction of sp³-hybridized carbons (Fsp3) is 0.111. The molecule has 2 rings (SSSR count). The zero-order chi connectivity index (χ0) is 7.84. The molecule has 1 aromatic carbocycles. The molecule has 60 valence electrons. The monoisotopic (exact) mass is 261 g/mol. The van der Waals surface area contributed by atoms with Gasteiger partial charge in [-0.1, -0.05) is 6.07 Å². The highest BCUT2D eigenvalue weighted by atomic mass is 127. The lowest BCUT2D eigenvalue weighted by Gasteiger charge is -1.97. The third-order valence-corrected chi connectivity index (χ3v) is 3.29. The van der Waals surface area contributed by atoms with Crippen molar-refractivity contribution in [2.75, 3.05) is 0 Å². The van der Waals surface area contributed by atoms with Crippen LogP contribution in [-0.4, -0.2) is 4.98 Å². The molecule has 0 spiro atoms. The van der Waals surface area contributed by atoms with E-state index in [4.69, 9.17) is 0 Å². The van der Waals surface area contributed by atoms with E-state index in [9.17, 15) is 0 Å². The molecular weight excluding hydrogens is 249 g/mol. The number of benzene rings is 1. The molecule has 0 amide bonds. The number of nitrogens with one attached hydrogen (secondary N) is 1. The van der Waals surface area contributed by atoms with Crippen LogP contribution in [0.4, 0.5) is 0 Å². The van der Waals surface area contributed by atoms with Crippen molar-refractivity contribution in [3.63, 3.8) is 0 Å². The highest BCUT2D eigenvalue weighted by Crippen LogP contribution is 2.22. The molecule has 0 fully saturated rings. The molecular formula is C9H12IN. The summed E-state index contributed by atoms with van der Waals surface area (Å²) in [7, 11) is 0. The molecule has 0 atom stereocenters. The van der Waals surface area contributed by atoms with Gasteiger partial charge in [0.1, 0.15) is 0 Å². The van der Waals surface area contributed by atoms with E-state index in [-0.39, 0.29) is 2.85 Å². The molecule has 2 heteroatoms. The third-order valence-electron chi connectivity index (χ3n) is 1.86. The van der Waals surface area contributed by atoms with Gasteiger partial charge in [0.25, 0.3) is 0 Å². The Labute approximate surface area is 81.9 Å². The van der Waals surface area contributed by atoms with Gasteiger partial charge in [0.15, 0.2) is 0 Å². The van der Waals surface area contributed by atoms with Crippen LogP contribution in [0.2, 0.25) is 0 Å². The smallest absolute Gasteiger partial charge is 0.0464 e. The maximum Gasteiger partial charge on any atom is 0.0464 e. The number of aromatic nitrogens is 1. The van der Waals surface area contributed by atoms with Gasteiger partial charge in [0.05, 0.1) is 0 Å². The van der Waals surface area contributed by atoms with Crippen molar-refractivity contribution in [2.24, 2.45) is 0 Å². The summed E-state index contributed by atoms with van der Waals surface area (Å²) in [4.78, 5) is 3.18. The van der Waals surface area contributed by atoms with Gasteiger partial charge in [-0.05, 0) is 47.2 Å². The average molecular weight is 261 g/mol. The molecule has 1 heterocycles. The summed E-state index contributed by atoms with van der Waals surface area (Å²) in [5, 5.41) is 1.32. The molecule has 0 aliphatic carbocycles. The molecule has 1 N–H and O–H groups in total. The predicted octanol–water partition coefficient (Wildman–Crippen LogP) is 3.57. The standard InChI is InChI=1S/C9H8IN.2H2/c1-6-2-3-8-7(9(6)10)4-5-11-8;;/h2-5,11H,1H3;2*1H. The predicted molar refractivity (Wildman–Crippen MR) is 60.0 cm³/mol. The number of H-pyrrole nitrogens is 1. The van der Waals surface area contributed by atoms with Crippen LogP contribution in [-0.2, 0) is 0 Å². The Bertz CT molecular complexity index is 397. The fourth-order valence-corrected chi connectivity index (χ4v) is 1.86. The summed E-state index contributed by atoms with van der Waals surface area (Å²) >= 11 is 2.38. The molecule has 0 aliphatic rings. The molecule has 2 aromatic rings. The number of aryl methyl sites for hydroxylation is 1. The largest absolute Gasteiger partial charge is 0.361 e. The van der Waals surface area contributed by atoms with Crippen molar-refractivity contribution in [3.05, 3.63) is 33.5 Å². The van der Waals surface area contributed by atoms with Crippen LogP contribution in [0.1, 0.15) is 8.42 Å². The second-order valence-electron chi connectivity index (χ2n) is 2.64. The van der Waals surface area contributed by atoms with Crippen molar-refractivity contribution in [1.29, 1.82) is 0 Å². The second-order valence-corrected chi connectivity index (χ2v) is 3.71. The maximum absolute atomic E-state index is 3.18. The lowest BCUT2D eigenvalue weighted by atomic mass is 10.2. The first kappa shape index (κ1) is 7.16. The van der Waals surface area contributed by atoms with E-state index in [0.29, 0.717) is 0 Å². The van der Waals surface area contributed by atoms with Gasteiger partial charge in [-0.2, -0.15) is 0 Å². The summed E-state index contributed by atoms with van der Waals surface area (Å²) in [6.07, 6.45) is 1.98. The van der Waals surface area contributed by atoms with Crippen LogP contribution < -0.4 is 0 Å². The van der Waals surface area contributed by atoms with Crippen molar-refractivity contribution in [3.8, 4) is 0 Å². The van der Waals surface area contributed by atoms with E-state index in [1.807, 2.05) is 6.20 Å². The lowest BCUT2D eigenvalue weighted by Crippen LogP contribution is -1.79. The van der Waals surface area contributed by atoms with Crippen LogP contribution in [0.5, 0.6) is 0 Å². The van der Waals surface area contributed by atoms with Crippen molar-refractivity contribution in [1.82, 2.24) is 4.98 Å². The zero-order valence-corrected chi connectivity index (χ0v) is 8.34. The normalized spacial score (nSPS) is 10.7. The topological polar surface area (TPSA) is 15.8 Å². The molecule has 0 saturated heterocycles. The molecule has 1 nitrogen and oxygen atoms in total. The summed E-state index contributed by atoms with van der Waals surface area (Å²) in [5.41, 5.74) is 2.57. The third kappa shape index (κ3) is 1.05. The maximum atomic E-state index is 3.18. The van der Waals surface area contributed by atoms with Gasteiger partial charge in [-0.15, -0.1) is 0 Å². The van der Waals surface area contributed by atoms with Crippen LogP contribution in [0, 0.1) is 10.5 Å². The number of aromatic amines is 1. The number of rotatable bonds is 0. The van der Waals surface area contributed by atoms with Crippen molar-refractivity contribution >= 4 is 33.5 Å².